The number of carbonyl (C=O) groups excluding carboxylic acids is 1. The third-order valence-electron chi connectivity index (χ3n) is 6.23. The number of hydrogen-bond donors (Lipinski definition) is 1. The van der Waals surface area contributed by atoms with Crippen LogP contribution in [0.15, 0.2) is 46.5 Å². The van der Waals surface area contributed by atoms with Crippen LogP contribution in [0.2, 0.25) is 0 Å². The summed E-state index contributed by atoms with van der Waals surface area (Å²) >= 11 is 1.47. The number of pyridine rings is 1. The largest absolute Gasteiger partial charge is 0.465 e. The van der Waals surface area contributed by atoms with Crippen molar-refractivity contribution in [3.05, 3.63) is 47.6 Å². The summed E-state index contributed by atoms with van der Waals surface area (Å²) < 4.78 is 17.1. The van der Waals surface area contributed by atoms with Gasteiger partial charge in [0.2, 0.25) is 5.88 Å². The lowest BCUT2D eigenvalue weighted by atomic mass is 9.88. The summed E-state index contributed by atoms with van der Waals surface area (Å²) in [5.41, 5.74) is 1.87. The molecule has 2 unspecified atom stereocenters. The average molecular weight is 494 g/mol. The molecule has 3 aliphatic rings. The Bertz CT molecular complexity index is 1430. The fourth-order valence-electron chi connectivity index (χ4n) is 4.63. The summed E-state index contributed by atoms with van der Waals surface area (Å²) in [6, 6.07) is 6.95. The molecule has 6 heterocycles. The molecule has 0 spiro atoms. The molecule has 1 amide bonds. The van der Waals surface area contributed by atoms with Crippen molar-refractivity contribution in [2.45, 2.75) is 18.5 Å². The minimum absolute atomic E-state index is 0.0866. The van der Waals surface area contributed by atoms with Gasteiger partial charge in [-0.3, -0.25) is 4.90 Å². The van der Waals surface area contributed by atoms with Crippen molar-refractivity contribution in [2.24, 2.45) is 0 Å². The van der Waals surface area contributed by atoms with E-state index in [1.165, 1.54) is 29.5 Å². The number of ether oxygens (including phenoxy) is 2. The van der Waals surface area contributed by atoms with Crippen molar-refractivity contribution >= 4 is 40.5 Å². The highest BCUT2D eigenvalue weighted by Gasteiger charge is 2.48. The molecule has 1 aromatic carbocycles. The number of nitrogens with zero attached hydrogens (tertiary/aromatic N) is 5. The number of thiazole rings is 1. The maximum atomic E-state index is 12.2. The van der Waals surface area contributed by atoms with Crippen LogP contribution in [0.5, 0.6) is 11.6 Å². The van der Waals surface area contributed by atoms with Gasteiger partial charge in [0.1, 0.15) is 10.6 Å². The first-order valence-electron chi connectivity index (χ1n) is 10.8. The van der Waals surface area contributed by atoms with E-state index >= 15 is 0 Å². The molecular formula is C23H19N5O6S. The summed E-state index contributed by atoms with van der Waals surface area (Å²) in [6.07, 6.45) is 3.16. The van der Waals surface area contributed by atoms with Gasteiger partial charge in [-0.2, -0.15) is 4.98 Å². The second kappa shape index (κ2) is 8.24. The van der Waals surface area contributed by atoms with Crippen LogP contribution in [-0.2, 0) is 4.74 Å². The third kappa shape index (κ3) is 3.53. The lowest BCUT2D eigenvalue weighted by Crippen LogP contribution is -2.70. The lowest BCUT2D eigenvalue weighted by Gasteiger charge is -2.54. The fourth-order valence-corrected chi connectivity index (χ4v) is 5.29. The first kappa shape index (κ1) is 21.4. The normalized spacial score (nSPS) is 18.9. The Hall–Kier alpha value is -4.19. The number of aromatic nitrogens is 3. The van der Waals surface area contributed by atoms with Crippen LogP contribution in [0.3, 0.4) is 0 Å². The monoisotopic (exact) mass is 493 g/mol. The Morgan fingerprint density at radius 2 is 2.00 bits per heavy atom. The molecule has 0 radical (unpaired) electrons. The maximum absolute atomic E-state index is 12.2. The van der Waals surface area contributed by atoms with Crippen molar-refractivity contribution in [1.82, 2.24) is 19.9 Å². The van der Waals surface area contributed by atoms with Crippen LogP contribution >= 0.6 is 11.3 Å². The zero-order chi connectivity index (χ0) is 24.1. The van der Waals surface area contributed by atoms with Gasteiger partial charge in [-0.25, -0.2) is 19.6 Å². The number of piperazine rings is 1. The fraction of sp³-hybridized carbons (Fsp3) is 0.261. The molecule has 4 aromatic rings. The van der Waals surface area contributed by atoms with Crippen LogP contribution in [0, 0.1) is 0 Å². The van der Waals surface area contributed by atoms with E-state index in [1.54, 1.807) is 24.4 Å². The van der Waals surface area contributed by atoms with E-state index < -0.39 is 12.1 Å². The Morgan fingerprint density at radius 3 is 2.71 bits per heavy atom. The summed E-state index contributed by atoms with van der Waals surface area (Å²) in [6.45, 7) is 0.982. The minimum Gasteiger partial charge on any atom is -0.465 e. The summed E-state index contributed by atoms with van der Waals surface area (Å²) in [5, 5.41) is 12.0. The molecule has 178 valence electrons. The number of oxazole rings is 1. The van der Waals surface area contributed by atoms with Gasteiger partial charge in [0.05, 0.1) is 24.8 Å². The van der Waals surface area contributed by atoms with Gasteiger partial charge >= 0.3 is 12.1 Å². The standard InChI is InChI=1S/C23H19N5O6S/c1-32-21(29)15-3-2-6-24-19(15)33-16-5-4-14(20-25-7-8-35-20)18-17(16)26-22(34-18)27-10-12-9-13(11-27)28(12)23(30)31/h2-8,12-13H,9-11H2,1H3,(H,30,31). The predicted molar refractivity (Wildman–Crippen MR) is 125 cm³/mol. The number of rotatable bonds is 5. The molecule has 12 heteroatoms. The number of methoxy groups -OCH3 is 1. The number of esters is 1. The summed E-state index contributed by atoms with van der Waals surface area (Å²) in [4.78, 5) is 40.4. The molecule has 2 atom stereocenters. The van der Waals surface area contributed by atoms with Gasteiger partial charge in [-0.05, 0) is 30.7 Å². The molecule has 11 nitrogen and oxygen atoms in total. The number of amides is 1. The molecule has 3 fully saturated rings. The Kier molecular flexibility index (Phi) is 5.02. The topological polar surface area (TPSA) is 131 Å². The quantitative estimate of drug-likeness (QED) is 0.409. The van der Waals surface area contributed by atoms with Crippen molar-refractivity contribution < 1.29 is 28.6 Å². The van der Waals surface area contributed by atoms with E-state index in [1.807, 2.05) is 16.3 Å². The van der Waals surface area contributed by atoms with Crippen molar-refractivity contribution in [2.75, 3.05) is 25.1 Å². The van der Waals surface area contributed by atoms with E-state index in [0.717, 1.165) is 17.0 Å². The summed E-state index contributed by atoms with van der Waals surface area (Å²) in [7, 11) is 1.29. The van der Waals surface area contributed by atoms with Gasteiger partial charge in [0.25, 0.3) is 6.01 Å². The van der Waals surface area contributed by atoms with Crippen LogP contribution in [0.25, 0.3) is 21.7 Å². The second-order valence-corrected chi connectivity index (χ2v) is 9.11. The number of anilines is 1. The van der Waals surface area contributed by atoms with Gasteiger partial charge < -0.3 is 23.9 Å². The zero-order valence-corrected chi connectivity index (χ0v) is 19.3. The van der Waals surface area contributed by atoms with Crippen molar-refractivity contribution in [3.8, 4) is 22.2 Å². The molecule has 35 heavy (non-hydrogen) atoms. The van der Waals surface area contributed by atoms with E-state index in [0.29, 0.717) is 36.0 Å². The Morgan fingerprint density at radius 1 is 1.17 bits per heavy atom. The highest BCUT2D eigenvalue weighted by atomic mass is 32.1. The Balaban J connectivity index is 1.41. The number of carbonyl (C=O) groups is 2. The smallest absolute Gasteiger partial charge is 0.407 e. The van der Waals surface area contributed by atoms with Gasteiger partial charge in [-0.1, -0.05) is 0 Å². The van der Waals surface area contributed by atoms with Crippen LogP contribution in [0.4, 0.5) is 10.8 Å². The molecule has 0 aliphatic carbocycles. The first-order chi connectivity index (χ1) is 17.0. The predicted octanol–water partition coefficient (Wildman–Crippen LogP) is 3.87. The van der Waals surface area contributed by atoms with E-state index in [4.69, 9.17) is 18.9 Å². The molecule has 7 rings (SSSR count). The highest BCUT2D eigenvalue weighted by molar-refractivity contribution is 7.13. The average Bonchev–Trinajstić information content (AvgIpc) is 3.55. The second-order valence-electron chi connectivity index (χ2n) is 8.21. The third-order valence-corrected chi connectivity index (χ3v) is 7.03. The number of carboxylic acid groups (broad SMARTS) is 1. The molecule has 2 bridgehead atoms. The van der Waals surface area contributed by atoms with Gasteiger partial charge in [0.15, 0.2) is 16.8 Å². The van der Waals surface area contributed by atoms with E-state index in [2.05, 4.69) is 9.97 Å². The van der Waals surface area contributed by atoms with Crippen LogP contribution in [0.1, 0.15) is 16.8 Å². The molecule has 3 saturated heterocycles. The van der Waals surface area contributed by atoms with Crippen molar-refractivity contribution in [1.29, 1.82) is 0 Å². The van der Waals surface area contributed by atoms with Crippen LogP contribution in [-0.4, -0.2) is 69.3 Å². The molecule has 0 saturated carbocycles. The highest BCUT2D eigenvalue weighted by Crippen LogP contribution is 2.41. The van der Waals surface area contributed by atoms with Gasteiger partial charge in [-0.15, -0.1) is 11.3 Å². The Labute approximate surface area is 202 Å². The van der Waals surface area contributed by atoms with E-state index in [9.17, 15) is 14.7 Å². The number of fused-ring (bicyclic) bond motifs is 3. The number of piperidine rings is 1. The lowest BCUT2D eigenvalue weighted by molar-refractivity contribution is 0.0101. The number of hydrogen-bond acceptors (Lipinski definition) is 10. The van der Waals surface area contributed by atoms with Crippen molar-refractivity contribution in [3.63, 3.8) is 0 Å². The minimum atomic E-state index is -0.901. The maximum Gasteiger partial charge on any atom is 0.407 e. The molecular weight excluding hydrogens is 474 g/mol. The molecule has 3 aliphatic heterocycles. The molecule has 3 aromatic heterocycles. The first-order valence-corrected chi connectivity index (χ1v) is 11.7. The zero-order valence-electron chi connectivity index (χ0n) is 18.5. The SMILES string of the molecule is COC(=O)c1cccnc1Oc1ccc(-c2nccs2)c2oc(N3CC4CC(C3)N4C(=O)O)nc12. The van der Waals surface area contributed by atoms with Gasteiger partial charge in [0, 0.05) is 30.9 Å². The molecule has 1 N–H and O–H groups in total. The number of benzene rings is 1. The van der Waals surface area contributed by atoms with Crippen LogP contribution < -0.4 is 9.64 Å². The van der Waals surface area contributed by atoms with E-state index in [-0.39, 0.29) is 23.5 Å². The summed E-state index contributed by atoms with van der Waals surface area (Å²) in [5.74, 6) is -0.128.